The minimum absolute atomic E-state index is 0.0885. The second-order valence-electron chi connectivity index (χ2n) is 9.49. The van der Waals surface area contributed by atoms with Gasteiger partial charge in [0, 0.05) is 39.5 Å². The molecule has 0 unspecified atom stereocenters. The highest BCUT2D eigenvalue weighted by molar-refractivity contribution is 7.15. The van der Waals surface area contributed by atoms with Crippen LogP contribution in [-0.2, 0) is 6.54 Å². The van der Waals surface area contributed by atoms with Crippen LogP contribution < -0.4 is 10.6 Å². The molecule has 6 heteroatoms. The molecule has 5 rings (SSSR count). The molecule has 2 aromatic carbocycles. The molecule has 180 valence electrons. The van der Waals surface area contributed by atoms with E-state index in [0.29, 0.717) is 11.6 Å². The van der Waals surface area contributed by atoms with Crippen LogP contribution in [0.3, 0.4) is 0 Å². The molecule has 1 aliphatic rings. The van der Waals surface area contributed by atoms with Crippen LogP contribution in [-0.4, -0.2) is 28.1 Å². The lowest BCUT2D eigenvalue weighted by atomic mass is 10.0. The Bertz CT molecular complexity index is 1350. The van der Waals surface area contributed by atoms with E-state index in [2.05, 4.69) is 52.0 Å². The molecule has 2 heterocycles. The van der Waals surface area contributed by atoms with E-state index in [9.17, 15) is 9.90 Å². The number of carbonyl (C=O) groups excluding carboxylic acids is 1. The van der Waals surface area contributed by atoms with Crippen molar-refractivity contribution in [3.8, 4) is 10.4 Å². The van der Waals surface area contributed by atoms with Crippen molar-refractivity contribution in [1.82, 2.24) is 15.6 Å². The number of nitrogens with zero attached hydrogens (tertiary/aromatic N) is 1. The highest BCUT2D eigenvalue weighted by Crippen LogP contribution is 2.30. The molecule has 1 saturated carbocycles. The number of benzene rings is 2. The van der Waals surface area contributed by atoms with Gasteiger partial charge in [0.25, 0.3) is 5.91 Å². The molecule has 5 nitrogen and oxygen atoms in total. The topological polar surface area (TPSA) is 74.2 Å². The maximum atomic E-state index is 13.1. The van der Waals surface area contributed by atoms with Gasteiger partial charge >= 0.3 is 0 Å². The number of rotatable bonds is 7. The van der Waals surface area contributed by atoms with Crippen molar-refractivity contribution in [2.45, 2.75) is 57.8 Å². The number of hydrogen-bond donors (Lipinski definition) is 3. The first kappa shape index (κ1) is 23.7. The third-order valence-electron chi connectivity index (χ3n) is 6.84. The van der Waals surface area contributed by atoms with E-state index in [1.165, 1.54) is 9.75 Å². The van der Waals surface area contributed by atoms with E-state index in [1.54, 1.807) is 17.5 Å². The Morgan fingerprint density at radius 1 is 1.14 bits per heavy atom. The Morgan fingerprint density at radius 2 is 2.03 bits per heavy atom. The lowest BCUT2D eigenvalue weighted by Crippen LogP contribution is -2.27. The summed E-state index contributed by atoms with van der Waals surface area (Å²) in [5.74, 6) is -0.0885. The lowest BCUT2D eigenvalue weighted by molar-refractivity contribution is 0.0939. The van der Waals surface area contributed by atoms with Gasteiger partial charge in [0.05, 0.1) is 17.7 Å². The predicted molar refractivity (Wildman–Crippen MR) is 143 cm³/mol. The molecular weight excluding hydrogens is 454 g/mol. The first-order valence-electron chi connectivity index (χ1n) is 12.2. The maximum Gasteiger partial charge on any atom is 0.252 e. The summed E-state index contributed by atoms with van der Waals surface area (Å²) in [7, 11) is 0. The molecule has 0 bridgehead atoms. The number of amides is 1. The average Bonchev–Trinajstić information content (AvgIpc) is 3.51. The molecule has 0 spiro atoms. The quantitative estimate of drug-likeness (QED) is 0.311. The van der Waals surface area contributed by atoms with Crippen molar-refractivity contribution < 1.29 is 9.90 Å². The van der Waals surface area contributed by atoms with Crippen LogP contribution in [0.4, 0.5) is 0 Å². The lowest BCUT2D eigenvalue weighted by Gasteiger charge is -2.16. The monoisotopic (exact) mass is 485 g/mol. The normalized spacial score (nSPS) is 18.6. The van der Waals surface area contributed by atoms with Crippen LogP contribution in [0, 0.1) is 6.92 Å². The van der Waals surface area contributed by atoms with Crippen molar-refractivity contribution in [3.05, 3.63) is 88.4 Å². The summed E-state index contributed by atoms with van der Waals surface area (Å²) < 4.78 is 0. The van der Waals surface area contributed by atoms with Crippen molar-refractivity contribution in [2.75, 3.05) is 0 Å². The molecule has 0 saturated heterocycles. The summed E-state index contributed by atoms with van der Waals surface area (Å²) in [5.41, 5.74) is 4.65. The number of nitrogens with one attached hydrogen (secondary N) is 2. The van der Waals surface area contributed by atoms with Crippen LogP contribution in [0.1, 0.15) is 58.6 Å². The zero-order chi connectivity index (χ0) is 24.4. The molecule has 3 N–H and O–H groups in total. The smallest absolute Gasteiger partial charge is 0.252 e. The van der Waals surface area contributed by atoms with Crippen molar-refractivity contribution in [1.29, 1.82) is 0 Å². The number of aliphatic hydroxyl groups is 1. The molecule has 2 aromatic heterocycles. The summed E-state index contributed by atoms with van der Waals surface area (Å²) >= 11 is 1.79. The highest BCUT2D eigenvalue weighted by atomic mass is 32.1. The van der Waals surface area contributed by atoms with E-state index >= 15 is 0 Å². The molecular formula is C29H31N3O2S. The zero-order valence-electron chi connectivity index (χ0n) is 20.1. The SMILES string of the molecule is Cc1cc2cccnc2cc1C(=O)N[C@H](C)c1cccc(-c2ccc(CN[C@H]3CC[C@@H](O)C3)s2)c1. The molecule has 0 radical (unpaired) electrons. The average molecular weight is 486 g/mol. The molecule has 1 aliphatic carbocycles. The van der Waals surface area contributed by atoms with Gasteiger partial charge in [0.1, 0.15) is 0 Å². The highest BCUT2D eigenvalue weighted by Gasteiger charge is 2.22. The van der Waals surface area contributed by atoms with E-state index in [1.807, 2.05) is 38.1 Å². The Hall–Kier alpha value is -3.06. The Kier molecular flexibility index (Phi) is 6.95. The van der Waals surface area contributed by atoms with Gasteiger partial charge in [-0.05, 0) is 86.2 Å². The van der Waals surface area contributed by atoms with Crippen LogP contribution in [0.15, 0.2) is 66.9 Å². The number of aryl methyl sites for hydroxylation is 1. The van der Waals surface area contributed by atoms with Gasteiger partial charge in [0.2, 0.25) is 0 Å². The summed E-state index contributed by atoms with van der Waals surface area (Å²) in [6.07, 6.45) is 4.38. The van der Waals surface area contributed by atoms with Crippen LogP contribution in [0.2, 0.25) is 0 Å². The largest absolute Gasteiger partial charge is 0.393 e. The van der Waals surface area contributed by atoms with E-state index < -0.39 is 0 Å². The van der Waals surface area contributed by atoms with Gasteiger partial charge < -0.3 is 15.7 Å². The number of carbonyl (C=O) groups is 1. The summed E-state index contributed by atoms with van der Waals surface area (Å²) in [6.45, 7) is 4.81. The molecule has 3 atom stereocenters. The second kappa shape index (κ2) is 10.3. The third-order valence-corrected chi connectivity index (χ3v) is 7.98. The molecule has 4 aromatic rings. The van der Waals surface area contributed by atoms with Gasteiger partial charge in [-0.15, -0.1) is 11.3 Å². The van der Waals surface area contributed by atoms with Crippen LogP contribution >= 0.6 is 11.3 Å². The summed E-state index contributed by atoms with van der Waals surface area (Å²) in [5, 5.41) is 17.5. The fraction of sp³-hybridized carbons (Fsp3) is 0.310. The number of fused-ring (bicyclic) bond motifs is 1. The molecule has 0 aliphatic heterocycles. The van der Waals surface area contributed by atoms with Crippen molar-refractivity contribution >= 4 is 28.1 Å². The third kappa shape index (κ3) is 5.45. The van der Waals surface area contributed by atoms with Crippen molar-refractivity contribution in [2.24, 2.45) is 0 Å². The van der Waals surface area contributed by atoms with E-state index in [4.69, 9.17) is 0 Å². The molecule has 1 amide bonds. The van der Waals surface area contributed by atoms with Crippen LogP contribution in [0.5, 0.6) is 0 Å². The van der Waals surface area contributed by atoms with Gasteiger partial charge in [0.15, 0.2) is 0 Å². The van der Waals surface area contributed by atoms with Gasteiger partial charge in [-0.2, -0.15) is 0 Å². The fourth-order valence-corrected chi connectivity index (χ4v) is 5.77. The first-order valence-corrected chi connectivity index (χ1v) is 13.0. The number of thiophene rings is 1. The zero-order valence-corrected chi connectivity index (χ0v) is 20.9. The van der Waals surface area contributed by atoms with Gasteiger partial charge in [-0.3, -0.25) is 9.78 Å². The second-order valence-corrected chi connectivity index (χ2v) is 10.7. The maximum absolute atomic E-state index is 13.1. The number of pyridine rings is 1. The molecule has 35 heavy (non-hydrogen) atoms. The fourth-order valence-electron chi connectivity index (χ4n) is 4.81. The van der Waals surface area contributed by atoms with E-state index in [0.717, 1.165) is 53.4 Å². The molecule has 1 fully saturated rings. The van der Waals surface area contributed by atoms with Gasteiger partial charge in [-0.1, -0.05) is 24.3 Å². The van der Waals surface area contributed by atoms with E-state index in [-0.39, 0.29) is 18.1 Å². The first-order chi connectivity index (χ1) is 17.0. The minimum atomic E-state index is -0.154. The Balaban J connectivity index is 1.26. The minimum Gasteiger partial charge on any atom is -0.393 e. The van der Waals surface area contributed by atoms with Gasteiger partial charge in [-0.25, -0.2) is 0 Å². The number of hydrogen-bond acceptors (Lipinski definition) is 5. The Morgan fingerprint density at radius 3 is 2.86 bits per heavy atom. The van der Waals surface area contributed by atoms with Crippen LogP contribution in [0.25, 0.3) is 21.3 Å². The summed E-state index contributed by atoms with van der Waals surface area (Å²) in [4.78, 5) is 20.0. The number of aliphatic hydroxyl groups excluding tert-OH is 1. The summed E-state index contributed by atoms with van der Waals surface area (Å²) in [6, 6.07) is 20.8. The Labute approximate surface area is 210 Å². The predicted octanol–water partition coefficient (Wildman–Crippen LogP) is 5.77. The standard InChI is InChI=1S/C29H31N3O2S/c1-18-13-21-7-4-12-30-27(21)16-26(18)29(34)32-19(2)20-5-3-6-22(14-20)28-11-10-25(35-28)17-31-23-8-9-24(33)15-23/h3-7,10-14,16,19,23-24,31,33H,8-9,15,17H2,1-2H3,(H,32,34)/t19-,23+,24-/m1/s1. The number of aromatic nitrogens is 1. The van der Waals surface area contributed by atoms with Crippen molar-refractivity contribution in [3.63, 3.8) is 0 Å².